The Labute approximate surface area is 153 Å². The van der Waals surface area contributed by atoms with Crippen molar-refractivity contribution in [3.8, 4) is 5.75 Å². The third-order valence-electron chi connectivity index (χ3n) is 3.40. The summed E-state index contributed by atoms with van der Waals surface area (Å²) in [7, 11) is 0. The van der Waals surface area contributed by atoms with Gasteiger partial charge in [-0.05, 0) is 37.3 Å². The van der Waals surface area contributed by atoms with Crippen LogP contribution in [0, 0.1) is 17.0 Å². The number of primary amides is 1. The first-order valence-corrected chi connectivity index (χ1v) is 7.59. The van der Waals surface area contributed by atoms with Gasteiger partial charge in [0, 0.05) is 17.2 Å². The van der Waals surface area contributed by atoms with Gasteiger partial charge in [-0.3, -0.25) is 14.9 Å². The van der Waals surface area contributed by atoms with E-state index in [1.54, 1.807) is 19.1 Å². The first kappa shape index (κ1) is 19.4. The zero-order valence-corrected chi connectivity index (χ0v) is 14.2. The summed E-state index contributed by atoms with van der Waals surface area (Å²) in [5.41, 5.74) is 11.3. The Morgan fingerprint density at radius 1 is 1.11 bits per heavy atom. The Hall–Kier alpha value is -3.95. The molecule has 140 valence electrons. The molecule has 1 amide bonds. The molecule has 0 heterocycles. The summed E-state index contributed by atoms with van der Waals surface area (Å²) in [5, 5.41) is 14.5. The highest BCUT2D eigenvalue weighted by Gasteiger charge is 2.16. The van der Waals surface area contributed by atoms with Crippen LogP contribution >= 0.6 is 0 Å². The molecule has 2 aromatic carbocycles. The Kier molecular flexibility index (Phi) is 6.05. The van der Waals surface area contributed by atoms with Crippen molar-refractivity contribution in [2.24, 2.45) is 16.6 Å². The number of nitro benzene ring substituents is 1. The zero-order chi connectivity index (χ0) is 20.0. The number of amidine groups is 1. The number of nitrogens with two attached hydrogens (primary N) is 2. The number of ether oxygens (including phenoxy) is 1. The number of carbonyl (C=O) groups is 2. The Morgan fingerprint density at radius 3 is 2.33 bits per heavy atom. The minimum atomic E-state index is -0.887. The molecule has 2 rings (SSSR count). The fourth-order valence-electron chi connectivity index (χ4n) is 2.01. The average Bonchev–Trinajstić information content (AvgIpc) is 2.64. The number of hydrogen-bond acceptors (Lipinski definition) is 7. The molecule has 0 saturated carbocycles. The van der Waals surface area contributed by atoms with E-state index in [0.29, 0.717) is 16.9 Å². The van der Waals surface area contributed by atoms with Crippen LogP contribution < -0.4 is 16.2 Å². The van der Waals surface area contributed by atoms with Crippen molar-refractivity contribution in [2.45, 2.75) is 6.92 Å². The third kappa shape index (κ3) is 5.26. The Balaban J connectivity index is 2.06. The van der Waals surface area contributed by atoms with Crippen LogP contribution in [-0.4, -0.2) is 29.2 Å². The van der Waals surface area contributed by atoms with E-state index in [9.17, 15) is 19.7 Å². The maximum atomic E-state index is 12.0. The van der Waals surface area contributed by atoms with Crippen LogP contribution in [0.1, 0.15) is 21.5 Å². The SMILES string of the molecule is Cc1ccc(C(=O)O/N=C(\N)c2ccc(OCC(N)=O)cc2)cc1[N+](=O)[O-]. The van der Waals surface area contributed by atoms with Gasteiger partial charge in [0.25, 0.3) is 11.6 Å². The molecule has 10 heteroatoms. The number of nitro groups is 1. The minimum Gasteiger partial charge on any atom is -0.484 e. The molecular formula is C17H16N4O6. The quantitative estimate of drug-likeness (QED) is 0.243. The summed E-state index contributed by atoms with van der Waals surface area (Å²) < 4.78 is 5.10. The molecule has 27 heavy (non-hydrogen) atoms. The molecular weight excluding hydrogens is 356 g/mol. The van der Waals surface area contributed by atoms with E-state index in [1.807, 2.05) is 0 Å². The van der Waals surface area contributed by atoms with Gasteiger partial charge < -0.3 is 21.0 Å². The van der Waals surface area contributed by atoms with E-state index in [4.69, 9.17) is 21.0 Å². The fourth-order valence-corrected chi connectivity index (χ4v) is 2.01. The molecule has 0 aliphatic carbocycles. The van der Waals surface area contributed by atoms with Gasteiger partial charge in [0.15, 0.2) is 12.4 Å². The van der Waals surface area contributed by atoms with Crippen molar-refractivity contribution in [3.05, 3.63) is 69.3 Å². The number of benzene rings is 2. The molecule has 2 aromatic rings. The molecule has 0 bridgehead atoms. The fraction of sp³-hybridized carbons (Fsp3) is 0.118. The highest BCUT2D eigenvalue weighted by atomic mass is 16.7. The second-order valence-corrected chi connectivity index (χ2v) is 5.39. The van der Waals surface area contributed by atoms with Crippen LogP contribution in [-0.2, 0) is 9.63 Å². The molecule has 0 saturated heterocycles. The lowest BCUT2D eigenvalue weighted by Gasteiger charge is -2.05. The van der Waals surface area contributed by atoms with Crippen molar-refractivity contribution in [3.63, 3.8) is 0 Å². The first-order valence-electron chi connectivity index (χ1n) is 7.59. The van der Waals surface area contributed by atoms with Gasteiger partial charge in [-0.15, -0.1) is 0 Å². The second kappa shape index (κ2) is 8.43. The van der Waals surface area contributed by atoms with Crippen LogP contribution in [0.5, 0.6) is 5.75 Å². The summed E-state index contributed by atoms with van der Waals surface area (Å²) in [5.74, 6) is -1.19. The zero-order valence-electron chi connectivity index (χ0n) is 14.2. The second-order valence-electron chi connectivity index (χ2n) is 5.39. The van der Waals surface area contributed by atoms with E-state index in [2.05, 4.69) is 5.16 Å². The van der Waals surface area contributed by atoms with Gasteiger partial charge in [0.1, 0.15) is 5.75 Å². The number of nitrogens with zero attached hydrogens (tertiary/aromatic N) is 2. The van der Waals surface area contributed by atoms with Gasteiger partial charge in [-0.2, -0.15) is 0 Å². The summed E-state index contributed by atoms with van der Waals surface area (Å²) in [6, 6.07) is 10.1. The number of carbonyl (C=O) groups excluding carboxylic acids is 2. The summed E-state index contributed by atoms with van der Waals surface area (Å²) in [6.45, 7) is 1.30. The smallest absolute Gasteiger partial charge is 0.366 e. The monoisotopic (exact) mass is 372 g/mol. The average molecular weight is 372 g/mol. The molecule has 10 nitrogen and oxygen atoms in total. The van der Waals surface area contributed by atoms with Crippen molar-refractivity contribution in [1.82, 2.24) is 0 Å². The van der Waals surface area contributed by atoms with Crippen molar-refractivity contribution < 1.29 is 24.1 Å². The van der Waals surface area contributed by atoms with Crippen LogP contribution in [0.4, 0.5) is 5.69 Å². The molecule has 0 fully saturated rings. The summed E-state index contributed by atoms with van der Waals surface area (Å²) in [4.78, 5) is 37.7. The van der Waals surface area contributed by atoms with Crippen molar-refractivity contribution in [2.75, 3.05) is 6.61 Å². The van der Waals surface area contributed by atoms with Crippen molar-refractivity contribution >= 4 is 23.4 Å². The minimum absolute atomic E-state index is 0.0287. The third-order valence-corrected chi connectivity index (χ3v) is 3.40. The predicted molar refractivity (Wildman–Crippen MR) is 95.1 cm³/mol. The largest absolute Gasteiger partial charge is 0.484 e. The number of amides is 1. The maximum absolute atomic E-state index is 12.0. The Morgan fingerprint density at radius 2 is 1.74 bits per heavy atom. The lowest BCUT2D eigenvalue weighted by Crippen LogP contribution is -2.20. The molecule has 0 unspecified atom stereocenters. The summed E-state index contributed by atoms with van der Waals surface area (Å²) in [6.07, 6.45) is 0. The lowest BCUT2D eigenvalue weighted by atomic mass is 10.1. The van der Waals surface area contributed by atoms with Crippen LogP contribution in [0.3, 0.4) is 0 Å². The van der Waals surface area contributed by atoms with Crippen LogP contribution in [0.2, 0.25) is 0 Å². The molecule has 0 aliphatic rings. The molecule has 4 N–H and O–H groups in total. The first-order chi connectivity index (χ1) is 12.8. The number of hydrogen-bond donors (Lipinski definition) is 2. The van der Waals surface area contributed by atoms with Crippen molar-refractivity contribution in [1.29, 1.82) is 0 Å². The molecule has 0 aliphatic heterocycles. The lowest BCUT2D eigenvalue weighted by molar-refractivity contribution is -0.385. The molecule has 0 radical (unpaired) electrons. The number of oxime groups is 1. The molecule has 0 aromatic heterocycles. The van der Waals surface area contributed by atoms with Gasteiger partial charge in [-0.1, -0.05) is 11.2 Å². The van der Waals surface area contributed by atoms with E-state index in [-0.39, 0.29) is 23.7 Å². The van der Waals surface area contributed by atoms with Gasteiger partial charge in [0.05, 0.1) is 10.5 Å². The van der Waals surface area contributed by atoms with E-state index in [1.165, 1.54) is 24.3 Å². The van der Waals surface area contributed by atoms with E-state index >= 15 is 0 Å². The topological polar surface area (TPSA) is 160 Å². The van der Waals surface area contributed by atoms with Crippen LogP contribution in [0.15, 0.2) is 47.6 Å². The maximum Gasteiger partial charge on any atom is 0.366 e. The normalized spacial score (nSPS) is 10.9. The predicted octanol–water partition coefficient (Wildman–Crippen LogP) is 1.24. The Bertz CT molecular complexity index is 908. The van der Waals surface area contributed by atoms with Crippen LogP contribution in [0.25, 0.3) is 0 Å². The van der Waals surface area contributed by atoms with E-state index in [0.717, 1.165) is 6.07 Å². The molecule has 0 spiro atoms. The standard InChI is InChI=1S/C17H16N4O6/c1-10-2-3-12(8-14(10)21(24)25)17(23)27-20-16(19)11-4-6-13(7-5-11)26-9-15(18)22/h2-8H,9H2,1H3,(H2,18,22)(H2,19,20). The highest BCUT2D eigenvalue weighted by Crippen LogP contribution is 2.20. The van der Waals surface area contributed by atoms with Gasteiger partial charge >= 0.3 is 5.97 Å². The number of aryl methyl sites for hydroxylation is 1. The molecule has 0 atom stereocenters. The van der Waals surface area contributed by atoms with Gasteiger partial charge in [0.2, 0.25) is 0 Å². The summed E-state index contributed by atoms with van der Waals surface area (Å²) >= 11 is 0. The van der Waals surface area contributed by atoms with E-state index < -0.39 is 16.8 Å². The highest BCUT2D eigenvalue weighted by molar-refractivity contribution is 5.98. The number of rotatable bonds is 7. The van der Waals surface area contributed by atoms with Gasteiger partial charge in [-0.25, -0.2) is 4.79 Å².